The van der Waals surface area contributed by atoms with Crippen LogP contribution in [0.5, 0.6) is 0 Å². The van der Waals surface area contributed by atoms with E-state index >= 15 is 4.39 Å². The molecule has 9 heteroatoms. The molecule has 3 N–H and O–H groups in total. The Morgan fingerprint density at radius 1 is 1.19 bits per heavy atom. The molecule has 1 aliphatic carbocycles. The summed E-state index contributed by atoms with van der Waals surface area (Å²) in [6.45, 7) is 2.98. The SMILES string of the molecule is O=C(NNc1ccccn1)c1cn(C2CC2)c2cc(N3CCNCC3)c(F)cc2c1=O. The first-order valence-corrected chi connectivity index (χ1v) is 10.4. The maximum Gasteiger partial charge on any atom is 0.275 e. The predicted molar refractivity (Wildman–Crippen MR) is 117 cm³/mol. The number of rotatable bonds is 5. The van der Waals surface area contributed by atoms with Gasteiger partial charge in [0.2, 0.25) is 5.43 Å². The molecular formula is C22H23FN6O2. The van der Waals surface area contributed by atoms with Crippen LogP contribution in [0.4, 0.5) is 15.9 Å². The standard InChI is InChI=1S/C22H23FN6O2/c23-17-11-15-18(12-19(17)28-9-7-24-8-10-28)29(14-4-5-14)13-16(21(15)30)22(31)27-26-20-3-1-2-6-25-20/h1-3,6,11-14,24H,4-5,7-10H2,(H,25,26)(H,27,31). The molecule has 5 rings (SSSR count). The third-order valence-electron chi connectivity index (χ3n) is 5.71. The van der Waals surface area contributed by atoms with E-state index in [1.807, 2.05) is 9.47 Å². The number of hydrogen-bond acceptors (Lipinski definition) is 6. The largest absolute Gasteiger partial charge is 0.367 e. The molecule has 0 radical (unpaired) electrons. The predicted octanol–water partition coefficient (Wildman–Crippen LogP) is 2.04. The number of carbonyl (C=O) groups is 1. The Labute approximate surface area is 178 Å². The summed E-state index contributed by atoms with van der Waals surface area (Å²) in [6.07, 6.45) is 5.11. The van der Waals surface area contributed by atoms with E-state index < -0.39 is 17.2 Å². The zero-order chi connectivity index (χ0) is 21.4. The van der Waals surface area contributed by atoms with E-state index in [-0.39, 0.29) is 17.0 Å². The van der Waals surface area contributed by atoms with Crippen molar-refractivity contribution in [2.24, 2.45) is 0 Å². The summed E-state index contributed by atoms with van der Waals surface area (Å²) in [4.78, 5) is 31.9. The minimum Gasteiger partial charge on any atom is -0.367 e. The molecule has 1 saturated carbocycles. The number of hydrogen-bond donors (Lipinski definition) is 3. The van der Waals surface area contributed by atoms with Crippen LogP contribution in [-0.2, 0) is 0 Å². The Morgan fingerprint density at radius 2 is 2.00 bits per heavy atom. The Bertz CT molecular complexity index is 1190. The smallest absolute Gasteiger partial charge is 0.275 e. The number of anilines is 2. The van der Waals surface area contributed by atoms with E-state index in [4.69, 9.17) is 0 Å². The first kappa shape index (κ1) is 19.5. The monoisotopic (exact) mass is 422 g/mol. The second kappa shape index (κ2) is 7.99. The summed E-state index contributed by atoms with van der Waals surface area (Å²) in [5.41, 5.74) is 5.85. The van der Waals surface area contributed by atoms with Gasteiger partial charge >= 0.3 is 0 Å². The highest BCUT2D eigenvalue weighted by atomic mass is 19.1. The van der Waals surface area contributed by atoms with Crippen LogP contribution in [-0.4, -0.2) is 41.6 Å². The third kappa shape index (κ3) is 3.84. The van der Waals surface area contributed by atoms with Crippen molar-refractivity contribution < 1.29 is 9.18 Å². The molecule has 0 spiro atoms. The van der Waals surface area contributed by atoms with Crippen LogP contribution in [0.2, 0.25) is 0 Å². The lowest BCUT2D eigenvalue weighted by Crippen LogP contribution is -2.44. The zero-order valence-electron chi connectivity index (χ0n) is 16.9. The van der Waals surface area contributed by atoms with Crippen LogP contribution in [0, 0.1) is 5.82 Å². The minimum atomic E-state index is -0.585. The third-order valence-corrected chi connectivity index (χ3v) is 5.71. The summed E-state index contributed by atoms with van der Waals surface area (Å²) in [5, 5.41) is 3.48. The fourth-order valence-corrected chi connectivity index (χ4v) is 3.95. The molecule has 8 nitrogen and oxygen atoms in total. The van der Waals surface area contributed by atoms with E-state index in [0.29, 0.717) is 30.1 Å². The highest BCUT2D eigenvalue weighted by Gasteiger charge is 2.28. The minimum absolute atomic E-state index is 0.0304. The van der Waals surface area contributed by atoms with Crippen LogP contribution in [0.1, 0.15) is 29.2 Å². The second-order valence-electron chi connectivity index (χ2n) is 7.86. The van der Waals surface area contributed by atoms with Gasteiger partial charge in [0.15, 0.2) is 0 Å². The molecule has 1 aromatic carbocycles. The molecule has 3 heterocycles. The van der Waals surface area contributed by atoms with Crippen molar-refractivity contribution in [3.05, 3.63) is 64.3 Å². The fourth-order valence-electron chi connectivity index (χ4n) is 3.95. The maximum absolute atomic E-state index is 15.0. The van der Waals surface area contributed by atoms with Crippen molar-refractivity contribution in [2.75, 3.05) is 36.5 Å². The van der Waals surface area contributed by atoms with Crippen molar-refractivity contribution in [1.29, 1.82) is 0 Å². The number of halogens is 1. The van der Waals surface area contributed by atoms with Crippen LogP contribution in [0.25, 0.3) is 10.9 Å². The molecule has 1 aliphatic heterocycles. The van der Waals surface area contributed by atoms with Gasteiger partial charge in [0.05, 0.1) is 11.2 Å². The zero-order valence-corrected chi connectivity index (χ0v) is 16.9. The molecule has 1 saturated heterocycles. The normalized spacial score (nSPS) is 16.4. The molecule has 0 unspecified atom stereocenters. The number of pyridine rings is 2. The van der Waals surface area contributed by atoms with Gasteiger partial charge in [-0.05, 0) is 37.1 Å². The summed E-state index contributed by atoms with van der Waals surface area (Å²) < 4.78 is 16.9. The highest BCUT2D eigenvalue weighted by Crippen LogP contribution is 2.38. The lowest BCUT2D eigenvalue weighted by atomic mass is 10.1. The average molecular weight is 422 g/mol. The van der Waals surface area contributed by atoms with E-state index in [1.54, 1.807) is 36.7 Å². The summed E-state index contributed by atoms with van der Waals surface area (Å²) in [5.74, 6) is -0.581. The second-order valence-corrected chi connectivity index (χ2v) is 7.86. The van der Waals surface area contributed by atoms with Gasteiger partial charge in [-0.25, -0.2) is 9.37 Å². The molecule has 31 heavy (non-hydrogen) atoms. The number of amides is 1. The van der Waals surface area contributed by atoms with Crippen LogP contribution in [0.15, 0.2) is 47.5 Å². The number of aromatic nitrogens is 2. The van der Waals surface area contributed by atoms with Crippen LogP contribution in [0.3, 0.4) is 0 Å². The van der Waals surface area contributed by atoms with Gasteiger partial charge in [-0.15, -0.1) is 0 Å². The number of piperazine rings is 1. The number of carbonyl (C=O) groups excluding carboxylic acids is 1. The fraction of sp³-hybridized carbons (Fsp3) is 0.318. The van der Waals surface area contributed by atoms with Crippen molar-refractivity contribution in [3.63, 3.8) is 0 Å². The maximum atomic E-state index is 15.0. The first-order chi connectivity index (χ1) is 15.1. The van der Waals surface area contributed by atoms with Crippen molar-refractivity contribution in [3.8, 4) is 0 Å². The quantitative estimate of drug-likeness (QED) is 0.545. The molecule has 2 fully saturated rings. The van der Waals surface area contributed by atoms with E-state index in [0.717, 1.165) is 25.9 Å². The lowest BCUT2D eigenvalue weighted by Gasteiger charge is -2.30. The van der Waals surface area contributed by atoms with Crippen molar-refractivity contribution in [1.82, 2.24) is 20.3 Å². The molecule has 2 aromatic heterocycles. The Kier molecular flexibility index (Phi) is 5.03. The summed E-state index contributed by atoms with van der Waals surface area (Å²) in [7, 11) is 0. The molecule has 0 bridgehead atoms. The highest BCUT2D eigenvalue weighted by molar-refractivity contribution is 5.98. The number of fused-ring (bicyclic) bond motifs is 1. The van der Waals surface area contributed by atoms with Gasteiger partial charge in [0, 0.05) is 50.0 Å². The molecule has 0 atom stereocenters. The van der Waals surface area contributed by atoms with Gasteiger partial charge in [-0.2, -0.15) is 0 Å². The van der Waals surface area contributed by atoms with E-state index in [2.05, 4.69) is 21.2 Å². The van der Waals surface area contributed by atoms with Gasteiger partial charge in [-0.1, -0.05) is 6.07 Å². The topological polar surface area (TPSA) is 91.3 Å². The number of nitrogens with zero attached hydrogens (tertiary/aromatic N) is 3. The van der Waals surface area contributed by atoms with Crippen LogP contribution >= 0.6 is 0 Å². The Balaban J connectivity index is 1.53. The van der Waals surface area contributed by atoms with Crippen molar-refractivity contribution in [2.45, 2.75) is 18.9 Å². The molecule has 160 valence electrons. The summed E-state index contributed by atoms with van der Waals surface area (Å²) in [6, 6.07) is 8.46. The number of benzene rings is 1. The lowest BCUT2D eigenvalue weighted by molar-refractivity contribution is 0.0961. The molecule has 2 aliphatic rings. The Hall–Kier alpha value is -3.46. The van der Waals surface area contributed by atoms with E-state index in [1.165, 1.54) is 6.07 Å². The van der Waals surface area contributed by atoms with Gasteiger partial charge < -0.3 is 14.8 Å². The Morgan fingerprint density at radius 3 is 2.71 bits per heavy atom. The number of hydrazine groups is 1. The summed E-state index contributed by atoms with van der Waals surface area (Å²) >= 11 is 0. The van der Waals surface area contributed by atoms with Gasteiger partial charge in [0.1, 0.15) is 17.2 Å². The van der Waals surface area contributed by atoms with Crippen LogP contribution < -0.4 is 26.5 Å². The first-order valence-electron chi connectivity index (χ1n) is 10.4. The van der Waals surface area contributed by atoms with Gasteiger partial charge in [0.25, 0.3) is 5.91 Å². The number of nitrogens with one attached hydrogen (secondary N) is 3. The van der Waals surface area contributed by atoms with Crippen molar-refractivity contribution >= 4 is 28.3 Å². The molecule has 1 amide bonds. The van der Waals surface area contributed by atoms with E-state index in [9.17, 15) is 9.59 Å². The molecule has 3 aromatic rings. The van der Waals surface area contributed by atoms with Gasteiger partial charge in [-0.3, -0.25) is 20.4 Å². The average Bonchev–Trinajstić information content (AvgIpc) is 3.64. The molecular weight excluding hydrogens is 399 g/mol.